The van der Waals surface area contributed by atoms with E-state index in [1.165, 1.54) is 36.5 Å². The largest absolute Gasteiger partial charge is 0.465 e. The van der Waals surface area contributed by atoms with Gasteiger partial charge in [0.05, 0.1) is 28.8 Å². The molecular formula is C26H29ClN4O6S. The Bertz CT molecular complexity index is 1440. The summed E-state index contributed by atoms with van der Waals surface area (Å²) in [5.74, 6) is 0.199. The summed E-state index contributed by atoms with van der Waals surface area (Å²) in [5.41, 5.74) is 2.24. The van der Waals surface area contributed by atoms with Crippen LogP contribution >= 0.6 is 11.6 Å². The Hall–Kier alpha value is -3.41. The van der Waals surface area contributed by atoms with Crippen LogP contribution in [0.25, 0.3) is 0 Å². The van der Waals surface area contributed by atoms with E-state index in [9.17, 15) is 18.0 Å². The van der Waals surface area contributed by atoms with E-state index in [0.29, 0.717) is 30.0 Å². The number of aromatic nitrogens is 2. The van der Waals surface area contributed by atoms with Crippen molar-refractivity contribution in [3.8, 4) is 11.5 Å². The molecule has 38 heavy (non-hydrogen) atoms. The van der Waals surface area contributed by atoms with Gasteiger partial charge >= 0.3 is 5.97 Å². The average Bonchev–Trinajstić information content (AvgIpc) is 3.28. The zero-order valence-electron chi connectivity index (χ0n) is 21.3. The van der Waals surface area contributed by atoms with Crippen molar-refractivity contribution in [3.05, 3.63) is 64.9 Å². The van der Waals surface area contributed by atoms with E-state index in [0.717, 1.165) is 17.7 Å². The number of hydrogen-bond donors (Lipinski definition) is 1. The van der Waals surface area contributed by atoms with Crippen molar-refractivity contribution >= 4 is 39.2 Å². The molecule has 1 heterocycles. The van der Waals surface area contributed by atoms with Crippen LogP contribution in [-0.2, 0) is 37.3 Å². The normalized spacial score (nSPS) is 15.1. The van der Waals surface area contributed by atoms with E-state index < -0.39 is 16.1 Å². The summed E-state index contributed by atoms with van der Waals surface area (Å²) < 4.78 is 40.9. The molecule has 1 amide bonds. The first-order valence-electron chi connectivity index (χ1n) is 12.1. The van der Waals surface area contributed by atoms with Crippen molar-refractivity contribution in [2.45, 2.75) is 50.6 Å². The molecule has 0 aliphatic heterocycles. The monoisotopic (exact) mass is 560 g/mol. The molecule has 1 aromatic heterocycles. The van der Waals surface area contributed by atoms with Crippen LogP contribution in [0.1, 0.15) is 44.0 Å². The van der Waals surface area contributed by atoms with Gasteiger partial charge in [-0.3, -0.25) is 14.3 Å². The van der Waals surface area contributed by atoms with Gasteiger partial charge in [-0.15, -0.1) is 0 Å². The van der Waals surface area contributed by atoms with Crippen molar-refractivity contribution in [2.24, 2.45) is 0 Å². The third kappa shape index (κ3) is 6.01. The van der Waals surface area contributed by atoms with E-state index in [4.69, 9.17) is 21.1 Å². The van der Waals surface area contributed by atoms with Gasteiger partial charge in [0.1, 0.15) is 18.0 Å². The minimum Gasteiger partial charge on any atom is -0.465 e. The Morgan fingerprint density at radius 2 is 1.95 bits per heavy atom. The van der Waals surface area contributed by atoms with Crippen molar-refractivity contribution in [1.29, 1.82) is 0 Å². The van der Waals surface area contributed by atoms with Crippen molar-refractivity contribution < 1.29 is 27.5 Å². The lowest BCUT2D eigenvalue weighted by molar-refractivity contribution is -0.144. The maximum Gasteiger partial charge on any atom is 0.327 e. The smallest absolute Gasteiger partial charge is 0.327 e. The predicted molar refractivity (Wildman–Crippen MR) is 142 cm³/mol. The molecule has 0 bridgehead atoms. The number of hydrogen-bond acceptors (Lipinski definition) is 7. The summed E-state index contributed by atoms with van der Waals surface area (Å²) in [6.45, 7) is 3.43. The average molecular weight is 561 g/mol. The standard InChI is InChI=1S/C26H29ClN4O6S/c1-4-36-26(33)16-31-24-7-5-6-23(21(24)15-28-31)30(3)38(34,35)20-12-13-25(22(27)14-20)37-19-10-8-18(9-11-19)29-17(2)32/h8-15,23H,4-7,16H2,1-3H3,(H,29,32). The summed E-state index contributed by atoms with van der Waals surface area (Å²) in [5, 5.41) is 7.14. The van der Waals surface area contributed by atoms with Gasteiger partial charge in [-0.05, 0) is 68.7 Å². The molecule has 4 rings (SSSR count). The molecule has 202 valence electrons. The van der Waals surface area contributed by atoms with E-state index in [1.54, 1.807) is 42.1 Å². The van der Waals surface area contributed by atoms with Gasteiger partial charge in [0.15, 0.2) is 0 Å². The van der Waals surface area contributed by atoms with Crippen molar-refractivity contribution in [2.75, 3.05) is 19.0 Å². The molecular weight excluding hydrogens is 532 g/mol. The number of nitrogens with zero attached hydrogens (tertiary/aromatic N) is 3. The number of esters is 1. The highest BCUT2D eigenvalue weighted by atomic mass is 35.5. The van der Waals surface area contributed by atoms with Crippen LogP contribution < -0.4 is 10.1 Å². The van der Waals surface area contributed by atoms with Gasteiger partial charge in [0.2, 0.25) is 15.9 Å². The molecule has 0 radical (unpaired) electrons. The number of anilines is 1. The first kappa shape index (κ1) is 27.6. The number of rotatable bonds is 9. The van der Waals surface area contributed by atoms with Crippen molar-refractivity contribution in [1.82, 2.24) is 14.1 Å². The van der Waals surface area contributed by atoms with Crippen LogP contribution in [0.5, 0.6) is 11.5 Å². The number of carbonyl (C=O) groups excluding carboxylic acids is 2. The molecule has 1 aliphatic rings. The summed E-state index contributed by atoms with van der Waals surface area (Å²) in [7, 11) is -2.37. The van der Waals surface area contributed by atoms with Gasteiger partial charge in [-0.1, -0.05) is 11.6 Å². The number of amides is 1. The summed E-state index contributed by atoms with van der Waals surface area (Å²) in [6, 6.07) is 10.6. The Morgan fingerprint density at radius 3 is 2.61 bits per heavy atom. The Morgan fingerprint density at radius 1 is 1.21 bits per heavy atom. The zero-order chi connectivity index (χ0) is 27.4. The number of carbonyl (C=O) groups is 2. The summed E-state index contributed by atoms with van der Waals surface area (Å²) >= 11 is 6.41. The zero-order valence-corrected chi connectivity index (χ0v) is 22.9. The van der Waals surface area contributed by atoms with Crippen LogP contribution in [0, 0.1) is 0 Å². The van der Waals surface area contributed by atoms with Gasteiger partial charge < -0.3 is 14.8 Å². The minimum atomic E-state index is -3.91. The molecule has 0 spiro atoms. The molecule has 1 atom stereocenters. The van der Waals surface area contributed by atoms with Gasteiger partial charge in [-0.2, -0.15) is 9.40 Å². The highest BCUT2D eigenvalue weighted by Gasteiger charge is 2.34. The van der Waals surface area contributed by atoms with Gasteiger partial charge in [0, 0.05) is 30.9 Å². The number of benzene rings is 2. The fourth-order valence-corrected chi connectivity index (χ4v) is 6.11. The molecule has 0 saturated carbocycles. The predicted octanol–water partition coefficient (Wildman–Crippen LogP) is 4.55. The Kier molecular flexibility index (Phi) is 8.39. The Labute approximate surface area is 226 Å². The lowest BCUT2D eigenvalue weighted by atomic mass is 9.93. The minimum absolute atomic E-state index is 0.0145. The van der Waals surface area contributed by atoms with Crippen LogP contribution in [-0.4, -0.2) is 48.0 Å². The molecule has 1 aliphatic carbocycles. The second-order valence-corrected chi connectivity index (χ2v) is 11.2. The lowest BCUT2D eigenvalue weighted by Crippen LogP contribution is -2.33. The molecule has 10 nitrogen and oxygen atoms in total. The van der Waals surface area contributed by atoms with Gasteiger partial charge in [-0.25, -0.2) is 8.42 Å². The summed E-state index contributed by atoms with van der Waals surface area (Å²) in [4.78, 5) is 23.2. The first-order valence-corrected chi connectivity index (χ1v) is 13.9. The quantitative estimate of drug-likeness (QED) is 0.381. The van der Waals surface area contributed by atoms with E-state index in [2.05, 4.69) is 10.4 Å². The lowest BCUT2D eigenvalue weighted by Gasteiger charge is -2.31. The molecule has 3 aromatic rings. The van der Waals surface area contributed by atoms with E-state index >= 15 is 0 Å². The first-order chi connectivity index (χ1) is 18.1. The van der Waals surface area contributed by atoms with E-state index in [1.807, 2.05) is 0 Å². The maximum absolute atomic E-state index is 13.5. The third-order valence-electron chi connectivity index (χ3n) is 6.24. The number of ether oxygens (including phenoxy) is 2. The molecule has 12 heteroatoms. The molecule has 1 N–H and O–H groups in total. The second-order valence-electron chi connectivity index (χ2n) is 8.84. The fourth-order valence-electron chi connectivity index (χ4n) is 4.43. The number of halogens is 1. The third-order valence-corrected chi connectivity index (χ3v) is 8.39. The Balaban J connectivity index is 1.52. The highest BCUT2D eigenvalue weighted by Crippen LogP contribution is 2.38. The molecule has 1 unspecified atom stereocenters. The molecule has 0 fully saturated rings. The number of fused-ring (bicyclic) bond motifs is 1. The molecule has 2 aromatic carbocycles. The van der Waals surface area contributed by atoms with Crippen LogP contribution in [0.4, 0.5) is 5.69 Å². The van der Waals surface area contributed by atoms with Crippen molar-refractivity contribution in [3.63, 3.8) is 0 Å². The van der Waals surface area contributed by atoms with Crippen LogP contribution in [0.15, 0.2) is 53.6 Å². The SMILES string of the molecule is CCOC(=O)Cn1ncc2c1CCCC2N(C)S(=O)(=O)c1ccc(Oc2ccc(NC(C)=O)cc2)c(Cl)c1. The number of sulfonamides is 1. The van der Waals surface area contributed by atoms with Crippen LogP contribution in [0.3, 0.4) is 0 Å². The van der Waals surface area contributed by atoms with Crippen LogP contribution in [0.2, 0.25) is 5.02 Å². The topological polar surface area (TPSA) is 120 Å². The maximum atomic E-state index is 13.5. The molecule has 0 saturated heterocycles. The van der Waals surface area contributed by atoms with E-state index in [-0.39, 0.29) is 34.9 Å². The summed E-state index contributed by atoms with van der Waals surface area (Å²) in [6.07, 6.45) is 3.70. The second kappa shape index (κ2) is 11.5. The van der Waals surface area contributed by atoms with Gasteiger partial charge in [0.25, 0.3) is 0 Å². The highest BCUT2D eigenvalue weighted by molar-refractivity contribution is 7.89. The number of nitrogens with one attached hydrogen (secondary N) is 1. The fraction of sp³-hybridized carbons (Fsp3) is 0.346.